The average Bonchev–Trinajstić information content (AvgIpc) is 2.63. The Bertz CT molecular complexity index is 510. The molecule has 2 heterocycles. The summed E-state index contributed by atoms with van der Waals surface area (Å²) in [4.78, 5) is 0. The second-order valence-corrected chi connectivity index (χ2v) is 6.79. The molecular formula is C19H30N2OS. The number of rotatable bonds is 5. The zero-order chi connectivity index (χ0) is 16.5. The number of benzene rings is 1. The van der Waals surface area contributed by atoms with E-state index in [0.29, 0.717) is 0 Å². The van der Waals surface area contributed by atoms with Crippen molar-refractivity contribution in [2.24, 2.45) is 0 Å². The number of hydrogen-bond acceptors (Lipinski definition) is 4. The molecule has 0 amide bonds. The van der Waals surface area contributed by atoms with Crippen LogP contribution >= 0.6 is 11.9 Å². The molecule has 0 unspecified atom stereocenters. The summed E-state index contributed by atoms with van der Waals surface area (Å²) in [5.41, 5.74) is 5.12. The molecule has 0 saturated carbocycles. The lowest BCUT2D eigenvalue weighted by Gasteiger charge is -2.25. The maximum absolute atomic E-state index is 9.21. The molecule has 1 aromatic rings. The van der Waals surface area contributed by atoms with E-state index >= 15 is 0 Å². The maximum Gasteiger partial charge on any atom is 0.0471 e. The summed E-state index contributed by atoms with van der Waals surface area (Å²) in [6.45, 7) is 7.54. The van der Waals surface area contributed by atoms with Gasteiger partial charge in [-0.2, -0.15) is 0 Å². The molecule has 128 valence electrons. The van der Waals surface area contributed by atoms with Gasteiger partial charge in [-0.05, 0) is 42.5 Å². The molecule has 4 heteroatoms. The summed E-state index contributed by atoms with van der Waals surface area (Å²) in [6.07, 6.45) is 7.00. The van der Waals surface area contributed by atoms with Crippen LogP contribution < -0.4 is 5.32 Å². The Morgan fingerprint density at radius 2 is 1.96 bits per heavy atom. The van der Waals surface area contributed by atoms with Crippen LogP contribution in [0.5, 0.6) is 0 Å². The fourth-order valence-electron chi connectivity index (χ4n) is 3.01. The zero-order valence-electron chi connectivity index (χ0n) is 14.5. The molecule has 0 bridgehead atoms. The molecule has 0 atom stereocenters. The molecule has 23 heavy (non-hydrogen) atoms. The van der Waals surface area contributed by atoms with Crippen molar-refractivity contribution in [2.75, 3.05) is 31.6 Å². The SMILES string of the molecule is CC.OCCC1=CCNc2ccc(CSN3CCCCC3)cc21. The van der Waals surface area contributed by atoms with Gasteiger partial charge in [0.2, 0.25) is 0 Å². The topological polar surface area (TPSA) is 35.5 Å². The van der Waals surface area contributed by atoms with Gasteiger partial charge in [-0.1, -0.05) is 44.4 Å². The highest BCUT2D eigenvalue weighted by atomic mass is 32.2. The van der Waals surface area contributed by atoms with Crippen LogP contribution in [0.4, 0.5) is 5.69 Å². The van der Waals surface area contributed by atoms with E-state index in [0.717, 1.165) is 18.7 Å². The van der Waals surface area contributed by atoms with Crippen molar-refractivity contribution in [2.45, 2.75) is 45.3 Å². The van der Waals surface area contributed by atoms with Gasteiger partial charge < -0.3 is 10.4 Å². The van der Waals surface area contributed by atoms with Crippen LogP contribution in [-0.2, 0) is 5.75 Å². The van der Waals surface area contributed by atoms with Crippen molar-refractivity contribution in [1.29, 1.82) is 0 Å². The van der Waals surface area contributed by atoms with Gasteiger partial charge in [-0.3, -0.25) is 4.31 Å². The number of nitrogens with zero attached hydrogens (tertiary/aromatic N) is 1. The molecule has 0 aromatic heterocycles. The van der Waals surface area contributed by atoms with Crippen LogP contribution in [0.15, 0.2) is 24.3 Å². The standard InChI is InChI=1S/C17H24N2OS.C2H6/c20-11-7-15-6-8-18-17-5-4-14(12-16(15)17)13-21-19-9-2-1-3-10-19;1-2/h4-6,12,18,20H,1-3,7-11,13H2;1-2H3. The van der Waals surface area contributed by atoms with Crippen LogP contribution in [-0.4, -0.2) is 35.7 Å². The number of aliphatic hydroxyl groups excluding tert-OH is 1. The highest BCUT2D eigenvalue weighted by Gasteiger charge is 2.14. The minimum Gasteiger partial charge on any atom is -0.396 e. The van der Waals surface area contributed by atoms with Crippen LogP contribution in [0.3, 0.4) is 0 Å². The second kappa shape index (κ2) is 10.0. The first-order valence-electron chi connectivity index (χ1n) is 8.92. The number of anilines is 1. The predicted octanol–water partition coefficient (Wildman–Crippen LogP) is 4.54. The summed E-state index contributed by atoms with van der Waals surface area (Å²) in [5.74, 6) is 1.04. The van der Waals surface area contributed by atoms with Crippen molar-refractivity contribution in [3.63, 3.8) is 0 Å². The molecule has 0 radical (unpaired) electrons. The van der Waals surface area contributed by atoms with Gasteiger partial charge in [0.25, 0.3) is 0 Å². The van der Waals surface area contributed by atoms with Gasteiger partial charge in [0, 0.05) is 43.2 Å². The molecule has 3 rings (SSSR count). The first-order valence-corrected chi connectivity index (χ1v) is 9.86. The average molecular weight is 335 g/mol. The molecule has 2 aliphatic heterocycles. The highest BCUT2D eigenvalue weighted by Crippen LogP contribution is 2.32. The number of hydrogen-bond donors (Lipinski definition) is 2. The van der Waals surface area contributed by atoms with E-state index in [1.165, 1.54) is 54.7 Å². The minimum atomic E-state index is 0.220. The molecular weight excluding hydrogens is 304 g/mol. The summed E-state index contributed by atoms with van der Waals surface area (Å²) in [7, 11) is 0. The van der Waals surface area contributed by atoms with Gasteiger partial charge in [0.05, 0.1) is 0 Å². The molecule has 1 aromatic carbocycles. The fraction of sp³-hybridized carbons (Fsp3) is 0.579. The highest BCUT2D eigenvalue weighted by molar-refractivity contribution is 7.96. The van der Waals surface area contributed by atoms with Gasteiger partial charge in [0.1, 0.15) is 0 Å². The van der Waals surface area contributed by atoms with E-state index in [9.17, 15) is 5.11 Å². The quantitative estimate of drug-likeness (QED) is 0.775. The summed E-state index contributed by atoms with van der Waals surface area (Å²) < 4.78 is 2.51. The van der Waals surface area contributed by atoms with E-state index in [-0.39, 0.29) is 6.61 Å². The number of fused-ring (bicyclic) bond motifs is 1. The minimum absolute atomic E-state index is 0.220. The van der Waals surface area contributed by atoms with Crippen molar-refractivity contribution >= 4 is 23.2 Å². The molecule has 2 N–H and O–H groups in total. The summed E-state index contributed by atoms with van der Waals surface area (Å²) >= 11 is 1.96. The Balaban J connectivity index is 0.000000924. The Kier molecular flexibility index (Phi) is 8.00. The van der Waals surface area contributed by atoms with Crippen LogP contribution in [0.2, 0.25) is 0 Å². The van der Waals surface area contributed by atoms with Gasteiger partial charge in [-0.25, -0.2) is 0 Å². The van der Waals surface area contributed by atoms with Crippen molar-refractivity contribution in [3.05, 3.63) is 35.4 Å². The lowest BCUT2D eigenvalue weighted by Crippen LogP contribution is -2.23. The third-order valence-corrected chi connectivity index (χ3v) is 5.37. The fourth-order valence-corrected chi connectivity index (χ4v) is 4.04. The Labute approximate surface area is 145 Å². The first-order chi connectivity index (χ1) is 11.4. The van der Waals surface area contributed by atoms with E-state index in [4.69, 9.17) is 0 Å². The Morgan fingerprint density at radius 1 is 1.17 bits per heavy atom. The lowest BCUT2D eigenvalue weighted by atomic mass is 9.96. The molecule has 1 saturated heterocycles. The van der Waals surface area contributed by atoms with E-state index in [1.807, 2.05) is 25.8 Å². The maximum atomic E-state index is 9.21. The first kappa shape index (κ1) is 18.4. The summed E-state index contributed by atoms with van der Waals surface area (Å²) in [5, 5.41) is 12.6. The van der Waals surface area contributed by atoms with Crippen LogP contribution in [0.25, 0.3) is 5.57 Å². The van der Waals surface area contributed by atoms with E-state index < -0.39 is 0 Å². The van der Waals surface area contributed by atoms with Gasteiger partial charge in [-0.15, -0.1) is 0 Å². The molecule has 3 nitrogen and oxygen atoms in total. The van der Waals surface area contributed by atoms with Crippen molar-refractivity contribution in [1.82, 2.24) is 4.31 Å². The lowest BCUT2D eigenvalue weighted by molar-refractivity contribution is 0.305. The Hall–Kier alpha value is -0.970. The predicted molar refractivity (Wildman–Crippen MR) is 103 cm³/mol. The number of aliphatic hydroxyl groups is 1. The van der Waals surface area contributed by atoms with Crippen molar-refractivity contribution < 1.29 is 5.11 Å². The monoisotopic (exact) mass is 334 g/mol. The van der Waals surface area contributed by atoms with E-state index in [1.54, 1.807) is 0 Å². The van der Waals surface area contributed by atoms with Crippen LogP contribution in [0, 0.1) is 0 Å². The van der Waals surface area contributed by atoms with Crippen LogP contribution in [0.1, 0.15) is 50.7 Å². The van der Waals surface area contributed by atoms with E-state index in [2.05, 4.69) is 33.9 Å². The largest absolute Gasteiger partial charge is 0.396 e. The Morgan fingerprint density at radius 3 is 2.70 bits per heavy atom. The third-order valence-electron chi connectivity index (χ3n) is 4.18. The summed E-state index contributed by atoms with van der Waals surface area (Å²) in [6, 6.07) is 6.70. The molecule has 0 spiro atoms. The number of nitrogens with one attached hydrogen (secondary N) is 1. The zero-order valence-corrected chi connectivity index (χ0v) is 15.3. The molecule has 1 fully saturated rings. The smallest absolute Gasteiger partial charge is 0.0471 e. The van der Waals surface area contributed by atoms with Gasteiger partial charge in [0.15, 0.2) is 0 Å². The van der Waals surface area contributed by atoms with Gasteiger partial charge >= 0.3 is 0 Å². The van der Waals surface area contributed by atoms with Crippen molar-refractivity contribution in [3.8, 4) is 0 Å². The third kappa shape index (κ3) is 5.27. The second-order valence-electron chi connectivity index (χ2n) is 5.73. The number of piperidine rings is 1. The molecule has 2 aliphatic rings. The normalized spacial score (nSPS) is 17.4. The molecule has 0 aliphatic carbocycles.